The number of para-hydroxylation sites is 1. The lowest BCUT2D eigenvalue weighted by Gasteiger charge is -2.09. The van der Waals surface area contributed by atoms with Gasteiger partial charge in [0.1, 0.15) is 0 Å². The van der Waals surface area contributed by atoms with Gasteiger partial charge < -0.3 is 4.57 Å². The standard InChI is InChI=1S/C19H18N4O/c1-14-12-18(15(2)23(14)17-6-4-3-5-7-17)19(24)22-21-13-16-8-10-20-11-9-16/h3-13H,1-2H3,(H,22,24)/b21-13+. The number of aryl methyl sites for hydroxylation is 1. The maximum atomic E-state index is 12.4. The Morgan fingerprint density at radius 2 is 1.83 bits per heavy atom. The summed E-state index contributed by atoms with van der Waals surface area (Å²) >= 11 is 0. The van der Waals surface area contributed by atoms with Gasteiger partial charge in [0.25, 0.3) is 5.91 Å². The van der Waals surface area contributed by atoms with Crippen molar-refractivity contribution in [3.8, 4) is 5.69 Å². The summed E-state index contributed by atoms with van der Waals surface area (Å²) in [6.07, 6.45) is 4.95. The molecule has 0 saturated heterocycles. The van der Waals surface area contributed by atoms with Crippen LogP contribution < -0.4 is 5.43 Å². The summed E-state index contributed by atoms with van der Waals surface area (Å²) in [7, 11) is 0. The molecule has 1 aromatic carbocycles. The molecule has 2 aromatic heterocycles. The third kappa shape index (κ3) is 3.25. The minimum absolute atomic E-state index is 0.226. The summed E-state index contributed by atoms with van der Waals surface area (Å²) in [6.45, 7) is 3.92. The Bertz CT molecular complexity index is 867. The Kier molecular flexibility index (Phi) is 4.52. The number of amides is 1. The van der Waals surface area contributed by atoms with Gasteiger partial charge in [0, 0.05) is 29.5 Å². The van der Waals surface area contributed by atoms with Gasteiger partial charge in [0.2, 0.25) is 0 Å². The lowest BCUT2D eigenvalue weighted by molar-refractivity contribution is 0.0954. The molecule has 0 aliphatic rings. The Morgan fingerprint density at radius 1 is 1.12 bits per heavy atom. The molecule has 1 amide bonds. The van der Waals surface area contributed by atoms with E-state index >= 15 is 0 Å². The Labute approximate surface area is 140 Å². The van der Waals surface area contributed by atoms with Crippen LogP contribution in [0.3, 0.4) is 0 Å². The van der Waals surface area contributed by atoms with Crippen LogP contribution in [0.25, 0.3) is 5.69 Å². The second kappa shape index (κ2) is 6.91. The number of benzene rings is 1. The molecule has 0 aliphatic carbocycles. The van der Waals surface area contributed by atoms with Crippen molar-refractivity contribution >= 4 is 12.1 Å². The van der Waals surface area contributed by atoms with Crippen LogP contribution in [0.15, 0.2) is 66.0 Å². The first kappa shape index (κ1) is 15.7. The summed E-state index contributed by atoms with van der Waals surface area (Å²) < 4.78 is 2.06. The van der Waals surface area contributed by atoms with E-state index in [1.165, 1.54) is 0 Å². The molecule has 0 bridgehead atoms. The summed E-state index contributed by atoms with van der Waals surface area (Å²) in [5.74, 6) is -0.226. The molecule has 3 rings (SSSR count). The topological polar surface area (TPSA) is 59.3 Å². The molecule has 3 aromatic rings. The normalized spacial score (nSPS) is 10.9. The zero-order valence-electron chi connectivity index (χ0n) is 13.6. The van der Waals surface area contributed by atoms with Crippen LogP contribution in [-0.4, -0.2) is 21.7 Å². The van der Waals surface area contributed by atoms with E-state index in [2.05, 4.69) is 20.1 Å². The molecule has 0 radical (unpaired) electrons. The average molecular weight is 318 g/mol. The van der Waals surface area contributed by atoms with E-state index in [1.54, 1.807) is 18.6 Å². The fourth-order valence-electron chi connectivity index (χ4n) is 2.64. The Balaban J connectivity index is 1.80. The van der Waals surface area contributed by atoms with E-state index in [4.69, 9.17) is 0 Å². The quantitative estimate of drug-likeness (QED) is 0.593. The first-order valence-corrected chi connectivity index (χ1v) is 7.64. The van der Waals surface area contributed by atoms with Gasteiger partial charge >= 0.3 is 0 Å². The maximum Gasteiger partial charge on any atom is 0.273 e. The van der Waals surface area contributed by atoms with Crippen molar-refractivity contribution in [2.24, 2.45) is 5.10 Å². The van der Waals surface area contributed by atoms with Crippen molar-refractivity contribution in [2.45, 2.75) is 13.8 Å². The molecule has 1 N–H and O–H groups in total. The van der Waals surface area contributed by atoms with Crippen LogP contribution >= 0.6 is 0 Å². The Morgan fingerprint density at radius 3 is 2.54 bits per heavy atom. The molecule has 0 unspecified atom stereocenters. The van der Waals surface area contributed by atoms with E-state index in [9.17, 15) is 4.79 Å². The zero-order chi connectivity index (χ0) is 16.9. The second-order valence-electron chi connectivity index (χ2n) is 5.44. The van der Waals surface area contributed by atoms with Crippen molar-refractivity contribution in [1.29, 1.82) is 0 Å². The molecular weight excluding hydrogens is 300 g/mol. The molecule has 5 nitrogen and oxygen atoms in total. The highest BCUT2D eigenvalue weighted by Crippen LogP contribution is 2.20. The number of nitrogens with zero attached hydrogens (tertiary/aromatic N) is 3. The molecule has 0 aliphatic heterocycles. The minimum Gasteiger partial charge on any atom is -0.318 e. The smallest absolute Gasteiger partial charge is 0.273 e. The van der Waals surface area contributed by atoms with E-state index < -0.39 is 0 Å². The molecule has 0 atom stereocenters. The highest BCUT2D eigenvalue weighted by Gasteiger charge is 2.16. The van der Waals surface area contributed by atoms with Crippen molar-refractivity contribution < 1.29 is 4.79 Å². The number of pyridine rings is 1. The number of hydrogen-bond donors (Lipinski definition) is 1. The molecule has 2 heterocycles. The number of carbonyl (C=O) groups excluding carboxylic acids is 1. The SMILES string of the molecule is Cc1cc(C(=O)N/N=C/c2ccncc2)c(C)n1-c1ccccc1. The maximum absolute atomic E-state index is 12.4. The van der Waals surface area contributed by atoms with Crippen LogP contribution in [0.1, 0.15) is 27.3 Å². The molecule has 0 fully saturated rings. The number of carbonyl (C=O) groups is 1. The van der Waals surface area contributed by atoms with E-state index in [0.717, 1.165) is 22.6 Å². The highest BCUT2D eigenvalue weighted by atomic mass is 16.2. The third-order valence-electron chi connectivity index (χ3n) is 3.78. The van der Waals surface area contributed by atoms with Gasteiger partial charge in [0.05, 0.1) is 11.8 Å². The van der Waals surface area contributed by atoms with E-state index in [1.807, 2.05) is 62.4 Å². The lowest BCUT2D eigenvalue weighted by atomic mass is 10.2. The van der Waals surface area contributed by atoms with Crippen LogP contribution in [0.2, 0.25) is 0 Å². The molecule has 0 spiro atoms. The number of hydrogen-bond acceptors (Lipinski definition) is 3. The van der Waals surface area contributed by atoms with Crippen LogP contribution in [-0.2, 0) is 0 Å². The molecular formula is C19H18N4O. The van der Waals surface area contributed by atoms with Gasteiger partial charge in [-0.25, -0.2) is 5.43 Å². The second-order valence-corrected chi connectivity index (χ2v) is 5.44. The van der Waals surface area contributed by atoms with Gasteiger partial charge in [0.15, 0.2) is 0 Å². The highest BCUT2D eigenvalue weighted by molar-refractivity contribution is 5.96. The van der Waals surface area contributed by atoms with Crippen LogP contribution in [0.5, 0.6) is 0 Å². The molecule has 5 heteroatoms. The van der Waals surface area contributed by atoms with E-state index in [0.29, 0.717) is 5.56 Å². The van der Waals surface area contributed by atoms with Gasteiger partial charge in [-0.3, -0.25) is 9.78 Å². The fraction of sp³-hybridized carbons (Fsp3) is 0.105. The number of aromatic nitrogens is 2. The van der Waals surface area contributed by atoms with Gasteiger partial charge in [-0.15, -0.1) is 0 Å². The molecule has 0 saturated carbocycles. The zero-order valence-corrected chi connectivity index (χ0v) is 13.6. The predicted octanol–water partition coefficient (Wildman–Crippen LogP) is 3.25. The number of nitrogens with one attached hydrogen (secondary N) is 1. The number of hydrazone groups is 1. The first-order chi connectivity index (χ1) is 11.7. The van der Waals surface area contributed by atoms with Crippen molar-refractivity contribution in [2.75, 3.05) is 0 Å². The van der Waals surface area contributed by atoms with Gasteiger partial charge in [-0.05, 0) is 49.7 Å². The third-order valence-corrected chi connectivity index (χ3v) is 3.78. The lowest BCUT2D eigenvalue weighted by Crippen LogP contribution is -2.18. The van der Waals surface area contributed by atoms with Crippen molar-refractivity contribution in [3.63, 3.8) is 0 Å². The minimum atomic E-state index is -0.226. The molecule has 24 heavy (non-hydrogen) atoms. The summed E-state index contributed by atoms with van der Waals surface area (Å²) in [5.41, 5.74) is 6.99. The fourth-order valence-corrected chi connectivity index (χ4v) is 2.64. The first-order valence-electron chi connectivity index (χ1n) is 7.64. The van der Waals surface area contributed by atoms with Gasteiger partial charge in [-0.1, -0.05) is 18.2 Å². The molecule has 120 valence electrons. The summed E-state index contributed by atoms with van der Waals surface area (Å²) in [4.78, 5) is 16.3. The van der Waals surface area contributed by atoms with Gasteiger partial charge in [-0.2, -0.15) is 5.10 Å². The van der Waals surface area contributed by atoms with Crippen LogP contribution in [0.4, 0.5) is 0 Å². The number of rotatable bonds is 4. The monoisotopic (exact) mass is 318 g/mol. The average Bonchev–Trinajstić information content (AvgIpc) is 2.91. The predicted molar refractivity (Wildman–Crippen MR) is 94.5 cm³/mol. The van der Waals surface area contributed by atoms with Crippen LogP contribution in [0, 0.1) is 13.8 Å². The Hall–Kier alpha value is -3.21. The van der Waals surface area contributed by atoms with Crippen molar-refractivity contribution in [3.05, 3.63) is 83.4 Å². The summed E-state index contributed by atoms with van der Waals surface area (Å²) in [6, 6.07) is 15.5. The van der Waals surface area contributed by atoms with E-state index in [-0.39, 0.29) is 5.91 Å². The largest absolute Gasteiger partial charge is 0.318 e. The van der Waals surface area contributed by atoms with Crippen molar-refractivity contribution in [1.82, 2.24) is 15.0 Å². The summed E-state index contributed by atoms with van der Waals surface area (Å²) in [5, 5.41) is 4.01.